The zero-order valence-electron chi connectivity index (χ0n) is 9.65. The summed E-state index contributed by atoms with van der Waals surface area (Å²) in [6.45, 7) is 3.29. The number of hydrogen-bond donors (Lipinski definition) is 2. The van der Waals surface area contributed by atoms with Crippen LogP contribution in [-0.2, 0) is 0 Å². The number of rotatable bonds is 8. The van der Waals surface area contributed by atoms with Gasteiger partial charge in [0.05, 0.1) is 19.0 Å². The first-order valence-electron chi connectivity index (χ1n) is 5.66. The summed E-state index contributed by atoms with van der Waals surface area (Å²) >= 11 is 0. The van der Waals surface area contributed by atoms with Crippen LogP contribution in [0.5, 0.6) is 5.88 Å². The van der Waals surface area contributed by atoms with Crippen LogP contribution in [0.25, 0.3) is 0 Å². The first-order valence-corrected chi connectivity index (χ1v) is 5.66. The standard InChI is InChI=1S/C11H19N3O2/c1-2-3-4-5-13-10-8-12-9-11(14-10)16-7-6-15/h8-9,15H,2-7H2,1H3,(H,13,14). The molecule has 1 heterocycles. The lowest BCUT2D eigenvalue weighted by Crippen LogP contribution is -2.07. The van der Waals surface area contributed by atoms with Gasteiger partial charge < -0.3 is 15.2 Å². The topological polar surface area (TPSA) is 67.3 Å². The Kier molecular flexibility index (Phi) is 6.25. The van der Waals surface area contributed by atoms with Gasteiger partial charge in [-0.2, -0.15) is 4.98 Å². The van der Waals surface area contributed by atoms with Crippen LogP contribution in [0.2, 0.25) is 0 Å². The minimum Gasteiger partial charge on any atom is -0.474 e. The van der Waals surface area contributed by atoms with E-state index in [0.717, 1.165) is 13.0 Å². The molecule has 0 aliphatic carbocycles. The van der Waals surface area contributed by atoms with Gasteiger partial charge in [0.15, 0.2) is 0 Å². The van der Waals surface area contributed by atoms with E-state index >= 15 is 0 Å². The van der Waals surface area contributed by atoms with Crippen molar-refractivity contribution >= 4 is 5.82 Å². The van der Waals surface area contributed by atoms with Crippen molar-refractivity contribution in [1.29, 1.82) is 0 Å². The highest BCUT2D eigenvalue weighted by molar-refractivity contribution is 5.32. The lowest BCUT2D eigenvalue weighted by atomic mass is 10.2. The van der Waals surface area contributed by atoms with E-state index in [1.807, 2.05) is 0 Å². The van der Waals surface area contributed by atoms with E-state index in [9.17, 15) is 0 Å². The molecule has 1 aromatic heterocycles. The van der Waals surface area contributed by atoms with E-state index in [1.54, 1.807) is 6.20 Å². The van der Waals surface area contributed by atoms with Gasteiger partial charge in [-0.25, -0.2) is 0 Å². The van der Waals surface area contributed by atoms with Gasteiger partial charge in [-0.15, -0.1) is 0 Å². The Morgan fingerprint density at radius 2 is 2.25 bits per heavy atom. The minimum absolute atomic E-state index is 0.0180. The maximum absolute atomic E-state index is 8.61. The van der Waals surface area contributed by atoms with Crippen molar-refractivity contribution in [2.24, 2.45) is 0 Å². The van der Waals surface area contributed by atoms with Crippen LogP contribution < -0.4 is 10.1 Å². The zero-order chi connectivity index (χ0) is 11.6. The third kappa shape index (κ3) is 4.93. The molecule has 5 heteroatoms. The molecule has 1 aromatic rings. The summed E-state index contributed by atoms with van der Waals surface area (Å²) in [5.41, 5.74) is 0. The molecule has 0 saturated carbocycles. The molecule has 5 nitrogen and oxygen atoms in total. The maximum atomic E-state index is 8.61. The van der Waals surface area contributed by atoms with Gasteiger partial charge in [-0.3, -0.25) is 4.98 Å². The average Bonchev–Trinajstić information content (AvgIpc) is 2.33. The molecule has 0 saturated heterocycles. The van der Waals surface area contributed by atoms with Gasteiger partial charge in [-0.1, -0.05) is 19.8 Å². The summed E-state index contributed by atoms with van der Waals surface area (Å²) in [7, 11) is 0. The highest BCUT2D eigenvalue weighted by Gasteiger charge is 1.98. The Bertz CT molecular complexity index is 294. The van der Waals surface area contributed by atoms with E-state index in [2.05, 4.69) is 22.2 Å². The number of unbranched alkanes of at least 4 members (excludes halogenated alkanes) is 2. The zero-order valence-corrected chi connectivity index (χ0v) is 9.65. The monoisotopic (exact) mass is 225 g/mol. The SMILES string of the molecule is CCCCCNc1cncc(OCCO)n1. The molecule has 0 amide bonds. The second-order valence-electron chi connectivity index (χ2n) is 3.45. The van der Waals surface area contributed by atoms with Crippen LogP contribution >= 0.6 is 0 Å². The van der Waals surface area contributed by atoms with Crippen LogP contribution in [0.1, 0.15) is 26.2 Å². The molecule has 0 aliphatic heterocycles. The largest absolute Gasteiger partial charge is 0.474 e. The highest BCUT2D eigenvalue weighted by atomic mass is 16.5. The fraction of sp³-hybridized carbons (Fsp3) is 0.636. The van der Waals surface area contributed by atoms with Crippen LogP contribution in [0, 0.1) is 0 Å². The summed E-state index contributed by atoms with van der Waals surface area (Å²) in [5.74, 6) is 1.15. The molecule has 16 heavy (non-hydrogen) atoms. The molecule has 1 rings (SSSR count). The van der Waals surface area contributed by atoms with E-state index in [0.29, 0.717) is 11.7 Å². The molecule has 0 unspecified atom stereocenters. The van der Waals surface area contributed by atoms with E-state index in [1.165, 1.54) is 19.0 Å². The molecule has 0 spiro atoms. The van der Waals surface area contributed by atoms with Crippen LogP contribution in [0.4, 0.5) is 5.82 Å². The van der Waals surface area contributed by atoms with Crippen molar-refractivity contribution in [3.8, 4) is 5.88 Å². The predicted octanol–water partition coefficient (Wildman–Crippen LogP) is 1.45. The Morgan fingerprint density at radius 1 is 1.38 bits per heavy atom. The van der Waals surface area contributed by atoms with Crippen molar-refractivity contribution in [3.05, 3.63) is 12.4 Å². The molecule has 0 atom stereocenters. The van der Waals surface area contributed by atoms with Gasteiger partial charge in [0.2, 0.25) is 5.88 Å². The molecule has 0 aliphatic rings. The molecule has 0 fully saturated rings. The maximum Gasteiger partial charge on any atom is 0.234 e. The van der Waals surface area contributed by atoms with Gasteiger partial charge in [-0.05, 0) is 6.42 Å². The molecule has 0 radical (unpaired) electrons. The molecular weight excluding hydrogens is 206 g/mol. The van der Waals surface area contributed by atoms with Crippen molar-refractivity contribution < 1.29 is 9.84 Å². The number of nitrogens with one attached hydrogen (secondary N) is 1. The number of aliphatic hydroxyl groups excluding tert-OH is 1. The smallest absolute Gasteiger partial charge is 0.234 e. The number of aliphatic hydroxyl groups is 1. The fourth-order valence-electron chi connectivity index (χ4n) is 1.24. The Morgan fingerprint density at radius 3 is 3.00 bits per heavy atom. The number of nitrogens with zero attached hydrogens (tertiary/aromatic N) is 2. The highest BCUT2D eigenvalue weighted by Crippen LogP contribution is 2.08. The number of hydrogen-bond acceptors (Lipinski definition) is 5. The van der Waals surface area contributed by atoms with Crippen LogP contribution in [0.3, 0.4) is 0 Å². The van der Waals surface area contributed by atoms with E-state index < -0.39 is 0 Å². The molecule has 90 valence electrons. The number of aromatic nitrogens is 2. The second kappa shape index (κ2) is 7.87. The van der Waals surface area contributed by atoms with Crippen molar-refractivity contribution in [2.45, 2.75) is 26.2 Å². The molecule has 0 bridgehead atoms. The lowest BCUT2D eigenvalue weighted by Gasteiger charge is -2.06. The quantitative estimate of drug-likeness (QED) is 0.655. The number of ether oxygens (including phenoxy) is 1. The minimum atomic E-state index is -0.0180. The summed E-state index contributed by atoms with van der Waals surface area (Å²) in [4.78, 5) is 8.21. The van der Waals surface area contributed by atoms with Crippen molar-refractivity contribution in [3.63, 3.8) is 0 Å². The van der Waals surface area contributed by atoms with Gasteiger partial charge in [0, 0.05) is 6.54 Å². The Labute approximate surface area is 95.9 Å². The predicted molar refractivity (Wildman–Crippen MR) is 62.6 cm³/mol. The summed E-state index contributed by atoms with van der Waals surface area (Å²) in [6, 6.07) is 0. The Balaban J connectivity index is 2.35. The average molecular weight is 225 g/mol. The Hall–Kier alpha value is -1.36. The third-order valence-electron chi connectivity index (χ3n) is 2.04. The van der Waals surface area contributed by atoms with Crippen molar-refractivity contribution in [1.82, 2.24) is 9.97 Å². The molecule has 2 N–H and O–H groups in total. The normalized spacial score (nSPS) is 10.1. The van der Waals surface area contributed by atoms with Crippen molar-refractivity contribution in [2.75, 3.05) is 25.1 Å². The first-order chi connectivity index (χ1) is 7.86. The van der Waals surface area contributed by atoms with Gasteiger partial charge >= 0.3 is 0 Å². The summed E-state index contributed by atoms with van der Waals surface area (Å²) < 4.78 is 5.16. The molecule has 0 aromatic carbocycles. The first kappa shape index (κ1) is 12.7. The summed E-state index contributed by atoms with van der Waals surface area (Å²) in [6.07, 6.45) is 6.73. The second-order valence-corrected chi connectivity index (χ2v) is 3.45. The van der Waals surface area contributed by atoms with Gasteiger partial charge in [0.25, 0.3) is 0 Å². The van der Waals surface area contributed by atoms with Crippen LogP contribution in [-0.4, -0.2) is 34.8 Å². The van der Waals surface area contributed by atoms with E-state index in [4.69, 9.17) is 9.84 Å². The van der Waals surface area contributed by atoms with Gasteiger partial charge in [0.1, 0.15) is 12.4 Å². The fourth-order valence-corrected chi connectivity index (χ4v) is 1.24. The lowest BCUT2D eigenvalue weighted by molar-refractivity contribution is 0.196. The molecular formula is C11H19N3O2. The number of anilines is 1. The summed E-state index contributed by atoms with van der Waals surface area (Å²) in [5, 5.41) is 11.8. The van der Waals surface area contributed by atoms with E-state index in [-0.39, 0.29) is 13.2 Å². The van der Waals surface area contributed by atoms with Crippen LogP contribution in [0.15, 0.2) is 12.4 Å². The third-order valence-corrected chi connectivity index (χ3v) is 2.04.